The fourth-order valence-electron chi connectivity index (χ4n) is 4.41. The molecule has 1 aliphatic heterocycles. The molecule has 47 heavy (non-hydrogen) atoms. The van der Waals surface area contributed by atoms with Gasteiger partial charge in [0.05, 0.1) is 20.8 Å². The van der Waals surface area contributed by atoms with Crippen molar-refractivity contribution in [1.82, 2.24) is 20.1 Å². The summed E-state index contributed by atoms with van der Waals surface area (Å²) in [6, 6.07) is -2.14. The number of nitrogens with zero attached hydrogens (tertiary/aromatic N) is 2. The van der Waals surface area contributed by atoms with Crippen molar-refractivity contribution in [3.05, 3.63) is 10.4 Å². The molecule has 1 saturated heterocycles. The van der Waals surface area contributed by atoms with Crippen molar-refractivity contribution in [3.63, 3.8) is 0 Å². The van der Waals surface area contributed by atoms with Crippen LogP contribution in [0.5, 0.6) is 0 Å². The number of nitrogen functional groups attached to an aromatic ring is 2. The Morgan fingerprint density at radius 1 is 1.00 bits per heavy atom. The van der Waals surface area contributed by atoms with Crippen LogP contribution in [0.25, 0.3) is 0 Å². The Kier molecular flexibility index (Phi) is 17.6. The molecule has 18 nitrogen and oxygen atoms in total. The van der Waals surface area contributed by atoms with Gasteiger partial charge in [-0.15, -0.1) is 0 Å². The van der Waals surface area contributed by atoms with Gasteiger partial charge in [-0.3, -0.25) is 28.9 Å². The van der Waals surface area contributed by atoms with Crippen LogP contribution in [0.3, 0.4) is 0 Å². The maximum Gasteiger partial charge on any atom is 0.509 e. The summed E-state index contributed by atoms with van der Waals surface area (Å²) in [6.45, 7) is 11.0. The van der Waals surface area contributed by atoms with Gasteiger partial charge in [-0.25, -0.2) is 15.0 Å². The molecule has 5 atom stereocenters. The van der Waals surface area contributed by atoms with Gasteiger partial charge >= 0.3 is 25.8 Å². The minimum atomic E-state index is -4.26. The van der Waals surface area contributed by atoms with Crippen molar-refractivity contribution in [2.45, 2.75) is 91.2 Å². The van der Waals surface area contributed by atoms with Crippen LogP contribution in [-0.2, 0) is 42.4 Å². The number of aromatic nitrogens is 2. The van der Waals surface area contributed by atoms with Gasteiger partial charge < -0.3 is 39.7 Å². The molecular weight excluding hydrogens is 641 g/mol. The number of rotatable bonds is 18. The van der Waals surface area contributed by atoms with Crippen molar-refractivity contribution in [2.24, 2.45) is 16.8 Å². The number of methoxy groups -OCH3 is 3. The molecule has 1 aliphatic rings. The summed E-state index contributed by atoms with van der Waals surface area (Å²) in [5, 5.41) is 5.43. The Labute approximate surface area is 274 Å². The highest BCUT2D eigenvalue weighted by molar-refractivity contribution is 7.54. The van der Waals surface area contributed by atoms with Gasteiger partial charge in [-0.2, -0.15) is 4.98 Å². The van der Waals surface area contributed by atoms with E-state index in [4.69, 9.17) is 39.7 Å². The molecular formula is C28H50N7O11P. The van der Waals surface area contributed by atoms with Crippen LogP contribution in [0.4, 0.5) is 22.2 Å². The second-order valence-corrected chi connectivity index (χ2v) is 12.9. The number of nitrogens with one attached hydrogen (secondary N) is 3. The maximum atomic E-state index is 14.3. The zero-order valence-electron chi connectivity index (χ0n) is 28.4. The van der Waals surface area contributed by atoms with Gasteiger partial charge in [-0.1, -0.05) is 41.5 Å². The van der Waals surface area contributed by atoms with E-state index in [-0.39, 0.29) is 48.6 Å². The second kappa shape index (κ2) is 19.9. The summed E-state index contributed by atoms with van der Waals surface area (Å²) in [5.41, 5.74) is 10.3. The lowest BCUT2D eigenvalue weighted by molar-refractivity contribution is -0.143. The van der Waals surface area contributed by atoms with Gasteiger partial charge in [0.2, 0.25) is 5.95 Å². The molecule has 0 bridgehead atoms. The smallest absolute Gasteiger partial charge is 0.468 e. The lowest BCUT2D eigenvalue weighted by Crippen LogP contribution is -2.46. The predicted molar refractivity (Wildman–Crippen MR) is 174 cm³/mol. The molecule has 0 aromatic carbocycles. The highest BCUT2D eigenvalue weighted by atomic mass is 31.2. The van der Waals surface area contributed by atoms with E-state index in [0.29, 0.717) is 0 Å². The summed E-state index contributed by atoms with van der Waals surface area (Å²) in [7, 11) is -0.558. The SMILES string of the molecule is CC.COC(=O)C(CC(C)C)NP(=O)(NC(CC(C)C)C(=O)OC)OCC(OC)C1OC(=O)O[C@@H]1CC=Nc1c(N)nc(N)[nH]c1=O. The number of anilines is 2. The van der Waals surface area contributed by atoms with Crippen LogP contribution in [0.1, 0.15) is 60.8 Å². The molecule has 0 amide bonds. The van der Waals surface area contributed by atoms with Gasteiger partial charge in [0, 0.05) is 19.7 Å². The second-order valence-electron chi connectivity index (χ2n) is 11.0. The van der Waals surface area contributed by atoms with E-state index in [1.165, 1.54) is 27.5 Å². The zero-order valence-corrected chi connectivity index (χ0v) is 29.3. The van der Waals surface area contributed by atoms with Crippen molar-refractivity contribution in [3.8, 4) is 0 Å². The third-order valence-electron chi connectivity index (χ3n) is 6.47. The summed E-state index contributed by atoms with van der Waals surface area (Å²) in [5.74, 6) is -1.78. The summed E-state index contributed by atoms with van der Waals surface area (Å²) >= 11 is 0. The van der Waals surface area contributed by atoms with Crippen LogP contribution in [0.2, 0.25) is 0 Å². The van der Waals surface area contributed by atoms with Crippen molar-refractivity contribution in [2.75, 3.05) is 39.4 Å². The quantitative estimate of drug-likeness (QED) is 0.0641. The number of aromatic amines is 1. The highest BCUT2D eigenvalue weighted by Gasteiger charge is 2.44. The van der Waals surface area contributed by atoms with Gasteiger partial charge in [0.25, 0.3) is 5.56 Å². The molecule has 19 heteroatoms. The third-order valence-corrected chi connectivity index (χ3v) is 8.29. The molecule has 0 spiro atoms. The van der Waals surface area contributed by atoms with E-state index in [1.807, 2.05) is 41.5 Å². The monoisotopic (exact) mass is 691 g/mol. The lowest BCUT2D eigenvalue weighted by atomic mass is 10.1. The van der Waals surface area contributed by atoms with Crippen LogP contribution in [0, 0.1) is 11.8 Å². The number of esters is 2. The van der Waals surface area contributed by atoms with Crippen LogP contribution in [-0.4, -0.2) is 92.6 Å². The first-order valence-electron chi connectivity index (χ1n) is 15.2. The molecule has 2 heterocycles. The Hall–Kier alpha value is -3.57. The Morgan fingerprint density at radius 3 is 1.98 bits per heavy atom. The highest BCUT2D eigenvalue weighted by Crippen LogP contribution is 2.41. The normalized spacial score (nSPS) is 19.3. The molecule has 4 unspecified atom stereocenters. The molecule has 7 N–H and O–H groups in total. The van der Waals surface area contributed by atoms with E-state index in [9.17, 15) is 23.7 Å². The van der Waals surface area contributed by atoms with Gasteiger partial charge in [0.1, 0.15) is 24.3 Å². The third kappa shape index (κ3) is 13.2. The summed E-state index contributed by atoms with van der Waals surface area (Å²) < 4.78 is 46.0. The average molecular weight is 692 g/mol. The Morgan fingerprint density at radius 2 is 1.53 bits per heavy atom. The van der Waals surface area contributed by atoms with Crippen molar-refractivity contribution < 1.29 is 47.2 Å². The number of ether oxygens (including phenoxy) is 5. The van der Waals surface area contributed by atoms with Gasteiger partial charge in [-0.05, 0) is 24.7 Å². The molecule has 0 aliphatic carbocycles. The molecule has 1 aromatic heterocycles. The number of hydrogen-bond donors (Lipinski definition) is 5. The maximum absolute atomic E-state index is 14.3. The topological polar surface area (TPSA) is 258 Å². The van der Waals surface area contributed by atoms with Crippen LogP contribution >= 0.6 is 7.67 Å². The number of carbonyl (C=O) groups excluding carboxylic acids is 3. The first-order valence-corrected chi connectivity index (χ1v) is 16.8. The fraction of sp³-hybridized carbons (Fsp3) is 0.714. The molecule has 1 aromatic rings. The predicted octanol–water partition coefficient (Wildman–Crippen LogP) is 2.45. The van der Waals surface area contributed by atoms with Crippen LogP contribution in [0.15, 0.2) is 9.79 Å². The number of aliphatic imine (C=N–C) groups is 1. The minimum Gasteiger partial charge on any atom is -0.468 e. The number of carbonyl (C=O) groups is 3. The van der Waals surface area contributed by atoms with E-state index in [0.717, 1.165) is 0 Å². The molecule has 268 valence electrons. The zero-order chi connectivity index (χ0) is 35.9. The number of cyclic esters (lactones) is 2. The summed E-state index contributed by atoms with van der Waals surface area (Å²) in [4.78, 5) is 59.5. The van der Waals surface area contributed by atoms with E-state index >= 15 is 0 Å². The standard InChI is InChI=1S/C26H44N7O11P.C2H6/c1-13(2)10-15(23(35)40-6)32-45(38,33-16(11-14(3)4)24(36)41-7)42-12-18(39-5)20-17(43-26(37)44-20)8-9-29-19-21(27)30-25(28)31-22(19)34;1-2/h9,13-18,20H,8,10-12H2,1-7H3,(H2,32,33,38)(H5,27,28,30,31,34);1-2H3/t15?,16?,17-,18?,20?,45?;/m1./s1. The Bertz CT molecular complexity index is 1270. The lowest BCUT2D eigenvalue weighted by Gasteiger charge is -2.31. The molecule has 1 fully saturated rings. The van der Waals surface area contributed by atoms with Crippen molar-refractivity contribution >= 4 is 49.4 Å². The Balaban J connectivity index is 0.00000541. The average Bonchev–Trinajstić information content (AvgIpc) is 3.37. The molecule has 0 radical (unpaired) electrons. The number of nitrogens with two attached hydrogens (primary N) is 2. The van der Waals surface area contributed by atoms with Gasteiger partial charge in [0.15, 0.2) is 17.6 Å². The largest absolute Gasteiger partial charge is 0.509 e. The molecule has 2 rings (SSSR count). The van der Waals surface area contributed by atoms with E-state index in [2.05, 4.69) is 25.1 Å². The first-order chi connectivity index (χ1) is 22.1. The summed E-state index contributed by atoms with van der Waals surface area (Å²) in [6.07, 6.45) is -2.42. The van der Waals surface area contributed by atoms with E-state index < -0.39 is 68.3 Å². The number of hydrogen-bond acceptors (Lipinski definition) is 15. The van der Waals surface area contributed by atoms with Crippen LogP contribution < -0.4 is 27.2 Å². The fourth-order valence-corrected chi connectivity index (χ4v) is 6.23. The van der Waals surface area contributed by atoms with E-state index in [1.54, 1.807) is 0 Å². The molecule has 0 saturated carbocycles. The first kappa shape index (κ1) is 41.5. The van der Waals surface area contributed by atoms with Crippen molar-refractivity contribution in [1.29, 1.82) is 0 Å². The minimum absolute atomic E-state index is 0.0127. The number of H-pyrrole nitrogens is 1.